The molecule has 3 N–H and O–H groups in total. The maximum absolute atomic E-state index is 14.2. The molecule has 2 aromatic carbocycles. The summed E-state index contributed by atoms with van der Waals surface area (Å²) in [6.45, 7) is 1.89. The van der Waals surface area contributed by atoms with Gasteiger partial charge in [0.15, 0.2) is 0 Å². The van der Waals surface area contributed by atoms with E-state index >= 15 is 0 Å². The van der Waals surface area contributed by atoms with Crippen LogP contribution in [0.15, 0.2) is 77.9 Å². The zero-order chi connectivity index (χ0) is 25.9. The van der Waals surface area contributed by atoms with Crippen molar-refractivity contribution in [3.63, 3.8) is 0 Å². The van der Waals surface area contributed by atoms with Gasteiger partial charge in [0.2, 0.25) is 11.8 Å². The third-order valence-electron chi connectivity index (χ3n) is 5.97. The summed E-state index contributed by atoms with van der Waals surface area (Å²) < 4.78 is 6.90. The third-order valence-corrected chi connectivity index (χ3v) is 5.97. The van der Waals surface area contributed by atoms with Gasteiger partial charge >= 0.3 is 0 Å². The Morgan fingerprint density at radius 3 is 2.68 bits per heavy atom. The van der Waals surface area contributed by atoms with Gasteiger partial charge in [-0.15, -0.1) is 5.10 Å². The topological polar surface area (TPSA) is 145 Å². The number of benzene rings is 2. The van der Waals surface area contributed by atoms with E-state index in [1.165, 1.54) is 13.3 Å². The van der Waals surface area contributed by atoms with E-state index in [2.05, 4.69) is 31.6 Å². The number of pyridine rings is 1. The largest absolute Gasteiger partial charge is 0.480 e. The Kier molecular flexibility index (Phi) is 6.18. The molecule has 0 aliphatic heterocycles. The van der Waals surface area contributed by atoms with E-state index in [9.17, 15) is 10.1 Å². The van der Waals surface area contributed by atoms with Gasteiger partial charge in [0.05, 0.1) is 30.9 Å². The van der Waals surface area contributed by atoms with E-state index in [4.69, 9.17) is 10.5 Å². The number of nitrogen functional groups attached to an aromatic ring is 1. The number of hydrogen-bond donors (Lipinski definition) is 2. The highest BCUT2D eigenvalue weighted by molar-refractivity contribution is 5.96. The minimum Gasteiger partial charge on any atom is -0.480 e. The average Bonchev–Trinajstić information content (AvgIpc) is 2.93. The Morgan fingerprint density at radius 2 is 1.92 bits per heavy atom. The van der Waals surface area contributed by atoms with Crippen LogP contribution < -0.4 is 21.3 Å². The van der Waals surface area contributed by atoms with E-state index in [0.29, 0.717) is 39.6 Å². The van der Waals surface area contributed by atoms with Crippen molar-refractivity contribution in [1.82, 2.24) is 24.7 Å². The van der Waals surface area contributed by atoms with E-state index in [-0.39, 0.29) is 17.1 Å². The van der Waals surface area contributed by atoms with Crippen LogP contribution in [0.25, 0.3) is 27.6 Å². The second kappa shape index (κ2) is 9.75. The highest BCUT2D eigenvalue weighted by atomic mass is 16.5. The second-order valence-electron chi connectivity index (χ2n) is 8.27. The van der Waals surface area contributed by atoms with Crippen molar-refractivity contribution in [2.45, 2.75) is 13.0 Å². The van der Waals surface area contributed by atoms with E-state index in [1.807, 2.05) is 61.5 Å². The van der Waals surface area contributed by atoms with E-state index in [0.717, 1.165) is 5.39 Å². The first kappa shape index (κ1) is 23.4. The lowest BCUT2D eigenvalue weighted by molar-refractivity contribution is 0.392. The summed E-state index contributed by atoms with van der Waals surface area (Å²) in [6, 6.07) is 20.4. The number of nitrogens with zero attached hydrogens (tertiary/aromatic N) is 6. The van der Waals surface area contributed by atoms with Crippen LogP contribution in [0, 0.1) is 11.3 Å². The summed E-state index contributed by atoms with van der Waals surface area (Å²) in [5.74, 6) is 0.682. The number of rotatable bonds is 6. The van der Waals surface area contributed by atoms with Crippen LogP contribution in [-0.2, 0) is 0 Å². The van der Waals surface area contributed by atoms with Crippen LogP contribution in [0.5, 0.6) is 5.88 Å². The van der Waals surface area contributed by atoms with Gasteiger partial charge in [-0.05, 0) is 36.1 Å². The molecule has 10 heteroatoms. The molecule has 0 saturated carbocycles. The van der Waals surface area contributed by atoms with Crippen molar-refractivity contribution in [2.24, 2.45) is 0 Å². The summed E-state index contributed by atoms with van der Waals surface area (Å²) in [5.41, 5.74) is 8.59. The van der Waals surface area contributed by atoms with Gasteiger partial charge in [-0.2, -0.15) is 15.3 Å². The number of nitrogens with one attached hydrogen (secondary N) is 1. The summed E-state index contributed by atoms with van der Waals surface area (Å²) in [4.78, 5) is 22.3. The van der Waals surface area contributed by atoms with Gasteiger partial charge in [-0.25, -0.2) is 4.98 Å². The van der Waals surface area contributed by atoms with Crippen molar-refractivity contribution in [1.29, 1.82) is 5.26 Å². The molecule has 10 nitrogen and oxygen atoms in total. The average molecular weight is 491 g/mol. The quantitative estimate of drug-likeness (QED) is 0.362. The second-order valence-corrected chi connectivity index (χ2v) is 8.27. The van der Waals surface area contributed by atoms with Crippen molar-refractivity contribution in [3.8, 4) is 28.8 Å². The summed E-state index contributed by atoms with van der Waals surface area (Å²) in [6.07, 6.45) is 2.97. The van der Waals surface area contributed by atoms with E-state index in [1.54, 1.807) is 16.8 Å². The fourth-order valence-corrected chi connectivity index (χ4v) is 4.25. The first-order valence-corrected chi connectivity index (χ1v) is 11.4. The van der Waals surface area contributed by atoms with Crippen molar-refractivity contribution in [2.75, 3.05) is 18.2 Å². The van der Waals surface area contributed by atoms with Gasteiger partial charge in [0.1, 0.15) is 17.5 Å². The van der Waals surface area contributed by atoms with Gasteiger partial charge < -0.3 is 15.8 Å². The molecular formula is C27H22N8O2. The van der Waals surface area contributed by atoms with Crippen LogP contribution in [0.3, 0.4) is 0 Å². The Bertz CT molecular complexity index is 1710. The molecule has 0 bridgehead atoms. The summed E-state index contributed by atoms with van der Waals surface area (Å²) >= 11 is 0. The van der Waals surface area contributed by atoms with Crippen LogP contribution >= 0.6 is 0 Å². The molecular weight excluding hydrogens is 468 g/mol. The smallest absolute Gasteiger partial charge is 0.263 e. The molecule has 1 unspecified atom stereocenters. The SMILES string of the molecule is COc1cc(-c2cccc3cc(C(C)Nc4nc(N)ncc4C#N)n(-c4ccccc4)c(=O)c23)cnn1. The molecule has 5 rings (SSSR count). The molecule has 0 fully saturated rings. The summed E-state index contributed by atoms with van der Waals surface area (Å²) in [5, 5.41) is 22.0. The molecule has 5 aromatic rings. The predicted molar refractivity (Wildman–Crippen MR) is 140 cm³/mol. The van der Waals surface area contributed by atoms with Gasteiger partial charge in [-0.3, -0.25) is 9.36 Å². The molecule has 1 atom stereocenters. The van der Waals surface area contributed by atoms with Crippen LogP contribution in [0.2, 0.25) is 0 Å². The number of methoxy groups -OCH3 is 1. The highest BCUT2D eigenvalue weighted by Gasteiger charge is 2.20. The number of ether oxygens (including phenoxy) is 1. The van der Waals surface area contributed by atoms with Crippen molar-refractivity contribution < 1.29 is 4.74 Å². The van der Waals surface area contributed by atoms with Crippen LogP contribution in [-0.4, -0.2) is 31.8 Å². The van der Waals surface area contributed by atoms with Crippen molar-refractivity contribution >= 4 is 22.5 Å². The molecule has 37 heavy (non-hydrogen) atoms. The van der Waals surface area contributed by atoms with Crippen LogP contribution in [0.4, 0.5) is 11.8 Å². The number of para-hydroxylation sites is 1. The first-order valence-electron chi connectivity index (χ1n) is 11.4. The normalized spacial score (nSPS) is 11.6. The van der Waals surface area contributed by atoms with Crippen LogP contribution in [0.1, 0.15) is 24.2 Å². The Labute approximate surface area is 212 Å². The van der Waals surface area contributed by atoms with E-state index < -0.39 is 6.04 Å². The molecule has 0 spiro atoms. The predicted octanol–water partition coefficient (Wildman–Crippen LogP) is 3.87. The minimum atomic E-state index is -0.426. The monoisotopic (exact) mass is 490 g/mol. The zero-order valence-corrected chi connectivity index (χ0v) is 20.1. The number of fused-ring (bicyclic) bond motifs is 1. The molecule has 3 heterocycles. The Hall–Kier alpha value is -5.30. The molecule has 0 saturated heterocycles. The lowest BCUT2D eigenvalue weighted by Crippen LogP contribution is -2.26. The highest BCUT2D eigenvalue weighted by Crippen LogP contribution is 2.31. The zero-order valence-electron chi connectivity index (χ0n) is 20.1. The van der Waals surface area contributed by atoms with Gasteiger partial charge in [0.25, 0.3) is 5.56 Å². The number of anilines is 2. The first-order chi connectivity index (χ1) is 18.0. The standard InChI is InChI=1S/C27H22N8O2/c1-16(32-25-19(13-28)14-30-27(29)33-25)22-11-17-7-6-10-21(18-12-23(37-2)34-31-15-18)24(17)26(36)35(22)20-8-4-3-5-9-20/h3-12,14-16H,1-2H3,(H3,29,30,32,33). The molecule has 0 amide bonds. The molecule has 182 valence electrons. The number of hydrogen-bond acceptors (Lipinski definition) is 9. The third kappa shape index (κ3) is 4.41. The fourth-order valence-electron chi connectivity index (χ4n) is 4.25. The molecule has 0 radical (unpaired) electrons. The number of nitrogens with two attached hydrogens (primary N) is 1. The molecule has 0 aliphatic rings. The lowest BCUT2D eigenvalue weighted by Gasteiger charge is -2.22. The maximum atomic E-state index is 14.2. The minimum absolute atomic E-state index is 0.0405. The van der Waals surface area contributed by atoms with Crippen molar-refractivity contribution in [3.05, 3.63) is 94.7 Å². The molecule has 0 aliphatic carbocycles. The summed E-state index contributed by atoms with van der Waals surface area (Å²) in [7, 11) is 1.52. The number of aromatic nitrogens is 5. The fraction of sp³-hybridized carbons (Fsp3) is 0.111. The Morgan fingerprint density at radius 1 is 1.11 bits per heavy atom. The van der Waals surface area contributed by atoms with Gasteiger partial charge in [0, 0.05) is 23.0 Å². The van der Waals surface area contributed by atoms with Gasteiger partial charge in [-0.1, -0.05) is 36.4 Å². The number of nitriles is 1. The maximum Gasteiger partial charge on any atom is 0.263 e. The lowest BCUT2D eigenvalue weighted by atomic mass is 9.99. The Balaban J connectivity index is 1.74. The molecule has 3 aromatic heterocycles.